The van der Waals surface area contributed by atoms with Gasteiger partial charge in [0.25, 0.3) is 0 Å². The van der Waals surface area contributed by atoms with Crippen LogP contribution in [0.25, 0.3) is 9.75 Å². The number of nitrogens with zero attached hydrogens (tertiary/aromatic N) is 1. The zero-order valence-corrected chi connectivity index (χ0v) is 13.9. The fourth-order valence-electron chi connectivity index (χ4n) is 2.19. The highest BCUT2D eigenvalue weighted by Gasteiger charge is 2.06. The smallest absolute Gasteiger partial charge is 0.123 e. The summed E-state index contributed by atoms with van der Waals surface area (Å²) in [5, 5.41) is 4.45. The minimum Gasteiger partial charge on any atom is -0.310 e. The second kappa shape index (κ2) is 7.13. The third-order valence-corrected chi connectivity index (χ3v) is 5.49. The van der Waals surface area contributed by atoms with Gasteiger partial charge >= 0.3 is 0 Å². The van der Waals surface area contributed by atoms with Gasteiger partial charge in [-0.25, -0.2) is 9.37 Å². The molecule has 0 unspecified atom stereocenters. The molecular formula is C17H17FN2S2. The number of hydrogen-bond acceptors (Lipinski definition) is 4. The van der Waals surface area contributed by atoms with Crippen LogP contribution in [-0.4, -0.2) is 11.5 Å². The lowest BCUT2D eigenvalue weighted by Crippen LogP contribution is -2.16. The number of rotatable bonds is 6. The van der Waals surface area contributed by atoms with Crippen molar-refractivity contribution in [3.05, 3.63) is 63.9 Å². The van der Waals surface area contributed by atoms with E-state index in [1.54, 1.807) is 34.8 Å². The highest BCUT2D eigenvalue weighted by atomic mass is 32.1. The Hall–Kier alpha value is -1.56. The van der Waals surface area contributed by atoms with Gasteiger partial charge in [0, 0.05) is 22.5 Å². The molecule has 0 aliphatic carbocycles. The highest BCUT2D eigenvalue weighted by molar-refractivity contribution is 7.21. The van der Waals surface area contributed by atoms with Gasteiger partial charge in [0.1, 0.15) is 10.8 Å². The van der Waals surface area contributed by atoms with E-state index >= 15 is 0 Å². The molecule has 0 spiro atoms. The van der Waals surface area contributed by atoms with E-state index in [1.165, 1.54) is 20.7 Å². The molecule has 0 saturated carbocycles. The van der Waals surface area contributed by atoms with E-state index in [0.29, 0.717) is 0 Å². The number of aromatic nitrogens is 1. The lowest BCUT2D eigenvalue weighted by molar-refractivity contribution is 0.622. The number of benzene rings is 1. The minimum absolute atomic E-state index is 0.173. The van der Waals surface area contributed by atoms with Gasteiger partial charge < -0.3 is 5.32 Å². The first-order valence-electron chi connectivity index (χ1n) is 7.17. The Labute approximate surface area is 137 Å². The molecular weight excluding hydrogens is 315 g/mol. The molecule has 114 valence electrons. The Morgan fingerprint density at radius 1 is 1.14 bits per heavy atom. The topological polar surface area (TPSA) is 24.9 Å². The zero-order valence-electron chi connectivity index (χ0n) is 12.3. The number of aryl methyl sites for hydroxylation is 1. The summed E-state index contributed by atoms with van der Waals surface area (Å²) < 4.78 is 13.1. The van der Waals surface area contributed by atoms with E-state index in [9.17, 15) is 4.39 Å². The molecule has 22 heavy (non-hydrogen) atoms. The molecule has 0 aliphatic rings. The summed E-state index contributed by atoms with van der Waals surface area (Å²) in [6, 6.07) is 11.0. The Kier molecular flexibility index (Phi) is 4.97. The monoisotopic (exact) mass is 332 g/mol. The maximum atomic E-state index is 13.1. The van der Waals surface area contributed by atoms with Gasteiger partial charge in [-0.3, -0.25) is 0 Å². The summed E-state index contributed by atoms with van der Waals surface area (Å²) in [4.78, 5) is 8.28. The van der Waals surface area contributed by atoms with Gasteiger partial charge in [0.2, 0.25) is 0 Å². The van der Waals surface area contributed by atoms with Crippen molar-refractivity contribution in [2.45, 2.75) is 19.9 Å². The lowest BCUT2D eigenvalue weighted by atomic mass is 10.1. The summed E-state index contributed by atoms with van der Waals surface area (Å²) in [6.45, 7) is 3.69. The maximum Gasteiger partial charge on any atom is 0.123 e. The fourth-order valence-corrected chi connectivity index (χ4v) is 4.02. The average molecular weight is 332 g/mol. The van der Waals surface area contributed by atoms with Crippen molar-refractivity contribution in [1.29, 1.82) is 0 Å². The molecule has 3 aromatic rings. The van der Waals surface area contributed by atoms with Crippen molar-refractivity contribution in [2.24, 2.45) is 0 Å². The molecule has 0 aliphatic heterocycles. The number of thiophene rings is 1. The summed E-state index contributed by atoms with van der Waals surface area (Å²) in [5.74, 6) is -0.173. The van der Waals surface area contributed by atoms with E-state index in [4.69, 9.17) is 0 Å². The predicted molar refractivity (Wildman–Crippen MR) is 92.0 cm³/mol. The van der Waals surface area contributed by atoms with E-state index in [1.807, 2.05) is 12.3 Å². The Balaban J connectivity index is 1.49. The van der Waals surface area contributed by atoms with Crippen LogP contribution in [0.2, 0.25) is 0 Å². The zero-order chi connectivity index (χ0) is 15.4. The second-order valence-corrected chi connectivity index (χ2v) is 7.49. The van der Waals surface area contributed by atoms with Gasteiger partial charge in [0.15, 0.2) is 0 Å². The summed E-state index contributed by atoms with van der Waals surface area (Å²) >= 11 is 3.52. The first kappa shape index (κ1) is 15.3. The molecule has 5 heteroatoms. The van der Waals surface area contributed by atoms with Crippen molar-refractivity contribution in [2.75, 3.05) is 6.54 Å². The molecule has 0 radical (unpaired) electrons. The van der Waals surface area contributed by atoms with Gasteiger partial charge in [-0.1, -0.05) is 12.1 Å². The van der Waals surface area contributed by atoms with Crippen molar-refractivity contribution in [1.82, 2.24) is 10.3 Å². The first-order valence-corrected chi connectivity index (χ1v) is 8.81. The molecule has 2 heterocycles. The van der Waals surface area contributed by atoms with Gasteiger partial charge in [0.05, 0.1) is 4.88 Å². The van der Waals surface area contributed by atoms with E-state index in [2.05, 4.69) is 29.4 Å². The predicted octanol–water partition coefficient (Wildman–Crippen LogP) is 4.65. The molecule has 3 rings (SSSR count). The maximum absolute atomic E-state index is 13.1. The molecule has 0 fully saturated rings. The van der Waals surface area contributed by atoms with Crippen LogP contribution >= 0.6 is 22.7 Å². The summed E-state index contributed by atoms with van der Waals surface area (Å²) in [7, 11) is 0. The Morgan fingerprint density at radius 3 is 2.82 bits per heavy atom. The molecule has 1 aromatic carbocycles. The third-order valence-electron chi connectivity index (χ3n) is 3.29. The van der Waals surface area contributed by atoms with Crippen LogP contribution in [0.5, 0.6) is 0 Å². The third kappa shape index (κ3) is 4.00. The SMILES string of the molecule is Cc1ccc(-c2cnc(CNCCc3cccc(F)c3)s2)s1. The van der Waals surface area contributed by atoms with Gasteiger partial charge in [-0.05, 0) is 49.7 Å². The minimum atomic E-state index is -0.173. The molecule has 0 saturated heterocycles. The van der Waals surface area contributed by atoms with Crippen LogP contribution in [0.15, 0.2) is 42.6 Å². The molecule has 0 atom stereocenters. The van der Waals surface area contributed by atoms with E-state index in [0.717, 1.165) is 30.1 Å². The van der Waals surface area contributed by atoms with Gasteiger partial charge in [-0.2, -0.15) is 0 Å². The lowest BCUT2D eigenvalue weighted by Gasteiger charge is -2.03. The van der Waals surface area contributed by atoms with Gasteiger partial charge in [-0.15, -0.1) is 22.7 Å². The largest absolute Gasteiger partial charge is 0.310 e. The van der Waals surface area contributed by atoms with Crippen LogP contribution < -0.4 is 5.32 Å². The van der Waals surface area contributed by atoms with Crippen LogP contribution in [0.3, 0.4) is 0 Å². The number of halogens is 1. The normalized spacial score (nSPS) is 11.0. The van der Waals surface area contributed by atoms with Crippen LogP contribution in [-0.2, 0) is 13.0 Å². The fraction of sp³-hybridized carbons (Fsp3) is 0.235. The van der Waals surface area contributed by atoms with Crippen LogP contribution in [0, 0.1) is 12.7 Å². The highest BCUT2D eigenvalue weighted by Crippen LogP contribution is 2.31. The summed E-state index contributed by atoms with van der Waals surface area (Å²) in [6.07, 6.45) is 2.76. The summed E-state index contributed by atoms with van der Waals surface area (Å²) in [5.41, 5.74) is 1.02. The van der Waals surface area contributed by atoms with Crippen molar-refractivity contribution in [3.63, 3.8) is 0 Å². The van der Waals surface area contributed by atoms with Crippen LogP contribution in [0.1, 0.15) is 15.4 Å². The quantitative estimate of drug-likeness (QED) is 0.665. The van der Waals surface area contributed by atoms with E-state index in [-0.39, 0.29) is 5.82 Å². The van der Waals surface area contributed by atoms with Crippen LogP contribution in [0.4, 0.5) is 4.39 Å². The second-order valence-electron chi connectivity index (χ2n) is 5.09. The average Bonchev–Trinajstić information content (AvgIpc) is 3.12. The Bertz CT molecular complexity index is 748. The molecule has 2 nitrogen and oxygen atoms in total. The van der Waals surface area contributed by atoms with Crippen molar-refractivity contribution >= 4 is 22.7 Å². The van der Waals surface area contributed by atoms with Crippen molar-refractivity contribution < 1.29 is 4.39 Å². The first-order chi connectivity index (χ1) is 10.7. The standard InChI is InChI=1S/C17H17FN2S2/c1-12-5-6-15(21-12)16-10-20-17(22-16)11-19-8-7-13-3-2-4-14(18)9-13/h2-6,9-10,19H,7-8,11H2,1H3. The Morgan fingerprint density at radius 2 is 2.05 bits per heavy atom. The molecule has 1 N–H and O–H groups in total. The number of thiazole rings is 1. The molecule has 0 amide bonds. The molecule has 2 aromatic heterocycles. The molecule has 0 bridgehead atoms. The number of nitrogens with one attached hydrogen (secondary N) is 1. The van der Waals surface area contributed by atoms with Crippen molar-refractivity contribution in [3.8, 4) is 9.75 Å². The van der Waals surface area contributed by atoms with E-state index < -0.39 is 0 Å². The number of hydrogen-bond donors (Lipinski definition) is 1.